The van der Waals surface area contributed by atoms with Gasteiger partial charge in [0, 0.05) is 19.5 Å². The molecule has 1 N–H and O–H groups in total. The molecule has 0 radical (unpaired) electrons. The number of rotatable bonds is 12. The van der Waals surface area contributed by atoms with Crippen LogP contribution in [0, 0.1) is 6.92 Å². The van der Waals surface area contributed by atoms with Gasteiger partial charge in [-0.25, -0.2) is 8.42 Å². The Morgan fingerprint density at radius 3 is 2.07 bits per heavy atom. The second-order valence-corrected chi connectivity index (χ2v) is 12.1. The van der Waals surface area contributed by atoms with Gasteiger partial charge in [0.25, 0.3) is 10.0 Å². The van der Waals surface area contributed by atoms with Crippen molar-refractivity contribution in [3.05, 3.63) is 131 Å². The zero-order valence-electron chi connectivity index (χ0n) is 23.6. The average Bonchev–Trinajstić information content (AvgIpc) is 3.00. The second-order valence-electron chi connectivity index (χ2n) is 9.82. The van der Waals surface area contributed by atoms with Crippen LogP contribution in [-0.2, 0) is 32.6 Å². The zero-order valence-corrected chi connectivity index (χ0v) is 25.2. The number of anilines is 1. The molecule has 4 aromatic rings. The lowest BCUT2D eigenvalue weighted by Crippen LogP contribution is -2.53. The van der Waals surface area contributed by atoms with Gasteiger partial charge in [0.1, 0.15) is 12.6 Å². The molecule has 7 nitrogen and oxygen atoms in total. The SMILES string of the molecule is CCNC(=O)[C@@H](Cc1ccccc1)N(Cc1ccccc1C)C(=O)CN(c1ccccc1Cl)S(=O)(=O)c1ccccc1. The number of likely N-dealkylation sites (N-methyl/N-ethyl adjacent to an activating group) is 1. The first-order valence-corrected chi connectivity index (χ1v) is 15.5. The minimum Gasteiger partial charge on any atom is -0.355 e. The molecule has 218 valence electrons. The molecule has 0 aliphatic carbocycles. The number of benzene rings is 4. The number of halogens is 1. The topological polar surface area (TPSA) is 86.8 Å². The molecule has 9 heteroatoms. The van der Waals surface area contributed by atoms with Crippen molar-refractivity contribution in [3.63, 3.8) is 0 Å². The van der Waals surface area contributed by atoms with E-state index >= 15 is 0 Å². The Balaban J connectivity index is 1.81. The molecule has 1 atom stereocenters. The molecule has 0 heterocycles. The van der Waals surface area contributed by atoms with Crippen LogP contribution in [0.2, 0.25) is 5.02 Å². The third kappa shape index (κ3) is 7.38. The average molecular weight is 604 g/mol. The molecule has 2 amide bonds. The molecule has 0 saturated heterocycles. The van der Waals surface area contributed by atoms with Crippen LogP contribution in [0.25, 0.3) is 0 Å². The first kappa shape index (κ1) is 30.8. The number of sulfonamides is 1. The highest BCUT2D eigenvalue weighted by molar-refractivity contribution is 7.92. The fourth-order valence-corrected chi connectivity index (χ4v) is 6.45. The number of hydrogen-bond donors (Lipinski definition) is 1. The maximum Gasteiger partial charge on any atom is 0.264 e. The predicted molar refractivity (Wildman–Crippen MR) is 167 cm³/mol. The number of nitrogens with one attached hydrogen (secondary N) is 1. The summed E-state index contributed by atoms with van der Waals surface area (Å²) in [7, 11) is -4.20. The lowest BCUT2D eigenvalue weighted by Gasteiger charge is -2.34. The van der Waals surface area contributed by atoms with Gasteiger partial charge in [0.05, 0.1) is 15.6 Å². The highest BCUT2D eigenvalue weighted by atomic mass is 35.5. The van der Waals surface area contributed by atoms with E-state index in [2.05, 4.69) is 5.32 Å². The molecule has 0 bridgehead atoms. The molecule has 0 unspecified atom stereocenters. The molecule has 0 saturated carbocycles. The largest absolute Gasteiger partial charge is 0.355 e. The van der Waals surface area contributed by atoms with Gasteiger partial charge in [-0.3, -0.25) is 13.9 Å². The standard InChI is InChI=1S/C33H34ClN3O4S/c1-3-35-33(39)31(22-26-15-6-4-7-16-26)36(23-27-17-11-10-14-25(27)2)32(38)24-37(30-21-13-12-20-29(30)34)42(40,41)28-18-8-5-9-19-28/h4-21,31H,3,22-24H2,1-2H3,(H,35,39)/t31-/m1/s1. The second kappa shape index (κ2) is 14.2. The Kier molecular flexibility index (Phi) is 10.4. The third-order valence-electron chi connectivity index (χ3n) is 6.96. The summed E-state index contributed by atoms with van der Waals surface area (Å²) in [4.78, 5) is 29.4. The molecule has 4 aromatic carbocycles. The number of aryl methyl sites for hydroxylation is 1. The van der Waals surface area contributed by atoms with Crippen molar-refractivity contribution in [2.45, 2.75) is 37.8 Å². The summed E-state index contributed by atoms with van der Waals surface area (Å²) < 4.78 is 29.0. The van der Waals surface area contributed by atoms with Crippen molar-refractivity contribution in [1.29, 1.82) is 0 Å². The van der Waals surface area contributed by atoms with Gasteiger partial charge in [-0.1, -0.05) is 96.5 Å². The van der Waals surface area contributed by atoms with Gasteiger partial charge < -0.3 is 10.2 Å². The first-order chi connectivity index (χ1) is 20.2. The lowest BCUT2D eigenvalue weighted by atomic mass is 10.0. The van der Waals surface area contributed by atoms with E-state index in [1.807, 2.05) is 68.4 Å². The molecular weight excluding hydrogens is 570 g/mol. The number of nitrogens with zero attached hydrogens (tertiary/aromatic N) is 2. The predicted octanol–water partition coefficient (Wildman–Crippen LogP) is 5.62. The van der Waals surface area contributed by atoms with Gasteiger partial charge in [-0.2, -0.15) is 0 Å². The van der Waals surface area contributed by atoms with E-state index in [9.17, 15) is 18.0 Å². The lowest BCUT2D eigenvalue weighted by molar-refractivity contribution is -0.140. The highest BCUT2D eigenvalue weighted by Gasteiger charge is 2.35. The minimum atomic E-state index is -4.20. The smallest absolute Gasteiger partial charge is 0.264 e. The highest BCUT2D eigenvalue weighted by Crippen LogP contribution is 2.31. The summed E-state index contributed by atoms with van der Waals surface area (Å²) in [5.74, 6) is -0.858. The quantitative estimate of drug-likeness (QED) is 0.228. The summed E-state index contributed by atoms with van der Waals surface area (Å²) in [5, 5.41) is 3.05. The normalized spacial score (nSPS) is 11.9. The fourth-order valence-electron chi connectivity index (χ4n) is 4.70. The van der Waals surface area contributed by atoms with Crippen LogP contribution in [0.4, 0.5) is 5.69 Å². The van der Waals surface area contributed by atoms with Crippen molar-refractivity contribution < 1.29 is 18.0 Å². The third-order valence-corrected chi connectivity index (χ3v) is 9.05. The summed E-state index contributed by atoms with van der Waals surface area (Å²) in [6.45, 7) is 3.69. The summed E-state index contributed by atoms with van der Waals surface area (Å²) in [5.41, 5.74) is 2.84. The molecule has 0 aromatic heterocycles. The minimum absolute atomic E-state index is 0.0211. The van der Waals surface area contributed by atoms with E-state index in [1.165, 1.54) is 17.0 Å². The summed E-state index contributed by atoms with van der Waals surface area (Å²) in [6.07, 6.45) is 0.252. The van der Waals surface area contributed by atoms with E-state index < -0.39 is 28.5 Å². The van der Waals surface area contributed by atoms with Crippen LogP contribution in [0.1, 0.15) is 23.6 Å². The van der Waals surface area contributed by atoms with E-state index in [4.69, 9.17) is 11.6 Å². The van der Waals surface area contributed by atoms with Crippen molar-refractivity contribution in [2.75, 3.05) is 17.4 Å². The van der Waals surface area contributed by atoms with Gasteiger partial charge >= 0.3 is 0 Å². The Morgan fingerprint density at radius 1 is 0.833 bits per heavy atom. The van der Waals surface area contributed by atoms with E-state index in [0.29, 0.717) is 6.54 Å². The number of hydrogen-bond acceptors (Lipinski definition) is 4. The van der Waals surface area contributed by atoms with Crippen LogP contribution < -0.4 is 9.62 Å². The number of carbonyl (C=O) groups excluding carboxylic acids is 2. The van der Waals surface area contributed by atoms with Crippen molar-refractivity contribution in [2.24, 2.45) is 0 Å². The van der Waals surface area contributed by atoms with Crippen LogP contribution >= 0.6 is 11.6 Å². The van der Waals surface area contributed by atoms with Crippen molar-refractivity contribution >= 4 is 39.1 Å². The van der Waals surface area contributed by atoms with Crippen molar-refractivity contribution in [3.8, 4) is 0 Å². The summed E-state index contributed by atoms with van der Waals surface area (Å²) >= 11 is 6.49. The molecule has 42 heavy (non-hydrogen) atoms. The van der Waals surface area contributed by atoms with Crippen LogP contribution in [-0.4, -0.2) is 44.3 Å². The molecule has 0 spiro atoms. The van der Waals surface area contributed by atoms with E-state index in [1.54, 1.807) is 42.5 Å². The Bertz CT molecular complexity index is 1610. The fraction of sp³-hybridized carbons (Fsp3) is 0.212. The zero-order chi connectivity index (χ0) is 30.1. The molecule has 0 fully saturated rings. The van der Waals surface area contributed by atoms with Gasteiger partial charge in [-0.05, 0) is 54.8 Å². The molecule has 0 aliphatic heterocycles. The maximum absolute atomic E-state index is 14.4. The Morgan fingerprint density at radius 2 is 1.43 bits per heavy atom. The van der Waals surface area contributed by atoms with Crippen LogP contribution in [0.3, 0.4) is 0 Å². The maximum atomic E-state index is 14.4. The monoisotopic (exact) mass is 603 g/mol. The summed E-state index contributed by atoms with van der Waals surface area (Å²) in [6, 6.07) is 30.6. The Labute approximate surface area is 252 Å². The van der Waals surface area contributed by atoms with Gasteiger partial charge in [-0.15, -0.1) is 0 Å². The number of carbonyl (C=O) groups is 2. The van der Waals surface area contributed by atoms with Gasteiger partial charge in [0.2, 0.25) is 11.8 Å². The number of amides is 2. The van der Waals surface area contributed by atoms with E-state index in [-0.39, 0.29) is 34.5 Å². The van der Waals surface area contributed by atoms with Gasteiger partial charge in [0.15, 0.2) is 0 Å². The first-order valence-electron chi connectivity index (χ1n) is 13.7. The van der Waals surface area contributed by atoms with Crippen LogP contribution in [0.15, 0.2) is 114 Å². The molecule has 0 aliphatic rings. The van der Waals surface area contributed by atoms with Crippen molar-refractivity contribution in [1.82, 2.24) is 10.2 Å². The Hall–Kier alpha value is -4.14. The number of para-hydroxylation sites is 1. The molecule has 4 rings (SSSR count). The molecular formula is C33H34ClN3O4S. The van der Waals surface area contributed by atoms with Crippen LogP contribution in [0.5, 0.6) is 0 Å². The van der Waals surface area contributed by atoms with E-state index in [0.717, 1.165) is 21.0 Å².